The minimum absolute atomic E-state index is 0.224. The maximum Gasteiger partial charge on any atom is 0.337 e. The molecule has 0 amide bonds. The van der Waals surface area contributed by atoms with E-state index in [9.17, 15) is 4.79 Å². The number of halogens is 1. The highest BCUT2D eigenvalue weighted by Gasteiger charge is 2.09. The maximum atomic E-state index is 11.5. The van der Waals surface area contributed by atoms with Crippen molar-refractivity contribution in [2.45, 2.75) is 6.61 Å². The number of nitrogens with zero attached hydrogens (tertiary/aromatic N) is 1. The molecule has 0 unspecified atom stereocenters. The summed E-state index contributed by atoms with van der Waals surface area (Å²) in [5, 5.41) is 0.652. The van der Waals surface area contributed by atoms with Crippen LogP contribution in [0.1, 0.15) is 16.1 Å². The molecule has 0 atom stereocenters. The van der Waals surface area contributed by atoms with Crippen LogP contribution in [0.25, 0.3) is 11.5 Å². The van der Waals surface area contributed by atoms with Gasteiger partial charge in [-0.25, -0.2) is 9.78 Å². The maximum absolute atomic E-state index is 11.5. The molecular formula is C18H14ClNO4. The average molecular weight is 344 g/mol. The van der Waals surface area contributed by atoms with Gasteiger partial charge in [-0.1, -0.05) is 17.7 Å². The Bertz CT molecular complexity index is 842. The van der Waals surface area contributed by atoms with E-state index in [1.165, 1.54) is 13.4 Å². The van der Waals surface area contributed by atoms with Crippen molar-refractivity contribution in [1.29, 1.82) is 0 Å². The van der Waals surface area contributed by atoms with Gasteiger partial charge in [0, 0.05) is 10.6 Å². The summed E-state index contributed by atoms with van der Waals surface area (Å²) < 4.78 is 15.8. The van der Waals surface area contributed by atoms with Crippen molar-refractivity contribution in [2.75, 3.05) is 7.11 Å². The summed E-state index contributed by atoms with van der Waals surface area (Å²) in [5.41, 5.74) is 1.90. The fourth-order valence-electron chi connectivity index (χ4n) is 2.09. The molecule has 0 N–H and O–H groups in total. The van der Waals surface area contributed by atoms with Crippen molar-refractivity contribution in [3.8, 4) is 17.2 Å². The number of hydrogen-bond donors (Lipinski definition) is 0. The summed E-state index contributed by atoms with van der Waals surface area (Å²) in [6.45, 7) is 0.224. The number of carbonyl (C=O) groups excluding carboxylic acids is 1. The third kappa shape index (κ3) is 3.75. The monoisotopic (exact) mass is 343 g/mol. The molecule has 5 nitrogen and oxygen atoms in total. The molecule has 0 aliphatic carbocycles. The van der Waals surface area contributed by atoms with Crippen LogP contribution in [-0.4, -0.2) is 18.1 Å². The third-order valence-corrected chi connectivity index (χ3v) is 3.54. The Kier molecular flexibility index (Phi) is 4.82. The van der Waals surface area contributed by atoms with E-state index in [0.29, 0.717) is 27.9 Å². The van der Waals surface area contributed by atoms with E-state index in [4.69, 9.17) is 20.8 Å². The number of aromatic nitrogens is 1. The van der Waals surface area contributed by atoms with Gasteiger partial charge in [0.05, 0.1) is 12.7 Å². The summed E-state index contributed by atoms with van der Waals surface area (Å²) in [5.74, 6) is 0.634. The number of benzene rings is 2. The van der Waals surface area contributed by atoms with Crippen LogP contribution in [0.4, 0.5) is 0 Å². The van der Waals surface area contributed by atoms with Crippen LogP contribution >= 0.6 is 11.6 Å². The van der Waals surface area contributed by atoms with Gasteiger partial charge >= 0.3 is 5.97 Å². The molecule has 0 fully saturated rings. The van der Waals surface area contributed by atoms with E-state index in [1.54, 1.807) is 36.4 Å². The molecule has 1 aromatic heterocycles. The zero-order valence-corrected chi connectivity index (χ0v) is 13.6. The predicted octanol–water partition coefficient (Wildman–Crippen LogP) is 4.36. The van der Waals surface area contributed by atoms with Crippen molar-refractivity contribution < 1.29 is 18.7 Å². The van der Waals surface area contributed by atoms with Gasteiger partial charge < -0.3 is 13.9 Å². The number of rotatable bonds is 5. The van der Waals surface area contributed by atoms with E-state index in [2.05, 4.69) is 9.72 Å². The predicted molar refractivity (Wildman–Crippen MR) is 89.1 cm³/mol. The second kappa shape index (κ2) is 7.19. The lowest BCUT2D eigenvalue weighted by Gasteiger charge is -2.05. The van der Waals surface area contributed by atoms with Crippen LogP contribution in [0.5, 0.6) is 5.75 Å². The quantitative estimate of drug-likeness (QED) is 0.644. The Morgan fingerprint density at radius 3 is 2.75 bits per heavy atom. The topological polar surface area (TPSA) is 61.6 Å². The largest absolute Gasteiger partial charge is 0.487 e. The van der Waals surface area contributed by atoms with Gasteiger partial charge in [0.15, 0.2) is 0 Å². The smallest absolute Gasteiger partial charge is 0.337 e. The second-order valence-electron chi connectivity index (χ2n) is 4.96. The molecule has 1 heterocycles. The molecule has 0 saturated carbocycles. The first-order chi connectivity index (χ1) is 11.7. The molecule has 0 radical (unpaired) electrons. The lowest BCUT2D eigenvalue weighted by atomic mass is 10.2. The van der Waals surface area contributed by atoms with Gasteiger partial charge in [0.25, 0.3) is 0 Å². The standard InChI is InChI=1S/C18H14ClNO4/c1-22-18(21)13-3-2-4-16(9-13)23-10-15-11-24-17(20-15)12-5-7-14(19)8-6-12/h2-9,11H,10H2,1H3. The average Bonchev–Trinajstić information content (AvgIpc) is 3.09. The van der Waals surface area contributed by atoms with Crippen molar-refractivity contribution >= 4 is 17.6 Å². The van der Waals surface area contributed by atoms with E-state index in [0.717, 1.165) is 5.56 Å². The highest BCUT2D eigenvalue weighted by molar-refractivity contribution is 6.30. The van der Waals surface area contributed by atoms with E-state index in [-0.39, 0.29) is 6.61 Å². The number of oxazole rings is 1. The minimum Gasteiger partial charge on any atom is -0.487 e. The number of methoxy groups -OCH3 is 1. The van der Waals surface area contributed by atoms with Crippen molar-refractivity contribution in [2.24, 2.45) is 0 Å². The lowest BCUT2D eigenvalue weighted by Crippen LogP contribution is -2.02. The van der Waals surface area contributed by atoms with Gasteiger partial charge in [-0.05, 0) is 42.5 Å². The van der Waals surface area contributed by atoms with Crippen LogP contribution in [0.2, 0.25) is 5.02 Å². The molecule has 0 spiro atoms. The number of ether oxygens (including phenoxy) is 2. The van der Waals surface area contributed by atoms with Gasteiger partial charge in [0.1, 0.15) is 24.3 Å². The molecule has 0 bridgehead atoms. The first-order valence-corrected chi connectivity index (χ1v) is 7.55. The Morgan fingerprint density at radius 1 is 1.21 bits per heavy atom. The Morgan fingerprint density at radius 2 is 2.00 bits per heavy atom. The molecule has 6 heteroatoms. The lowest BCUT2D eigenvalue weighted by molar-refractivity contribution is 0.0600. The fourth-order valence-corrected chi connectivity index (χ4v) is 2.21. The summed E-state index contributed by atoms with van der Waals surface area (Å²) in [7, 11) is 1.34. The normalized spacial score (nSPS) is 10.4. The number of hydrogen-bond acceptors (Lipinski definition) is 5. The number of esters is 1. The van der Waals surface area contributed by atoms with E-state index >= 15 is 0 Å². The molecule has 3 aromatic rings. The Balaban J connectivity index is 1.67. The molecule has 0 aliphatic heterocycles. The molecule has 122 valence electrons. The fraction of sp³-hybridized carbons (Fsp3) is 0.111. The molecule has 0 aliphatic rings. The zero-order valence-electron chi connectivity index (χ0n) is 12.9. The highest BCUT2D eigenvalue weighted by atomic mass is 35.5. The van der Waals surface area contributed by atoms with Crippen molar-refractivity contribution in [1.82, 2.24) is 4.98 Å². The third-order valence-electron chi connectivity index (χ3n) is 3.28. The first kappa shape index (κ1) is 16.1. The van der Waals surface area contributed by atoms with Crippen LogP contribution in [0.15, 0.2) is 59.2 Å². The van der Waals surface area contributed by atoms with Gasteiger partial charge in [-0.15, -0.1) is 0 Å². The van der Waals surface area contributed by atoms with Gasteiger partial charge in [0.2, 0.25) is 5.89 Å². The van der Waals surface area contributed by atoms with E-state index < -0.39 is 5.97 Å². The molecular weight excluding hydrogens is 330 g/mol. The first-order valence-electron chi connectivity index (χ1n) is 7.17. The van der Waals surface area contributed by atoms with Crippen LogP contribution in [-0.2, 0) is 11.3 Å². The van der Waals surface area contributed by atoms with Crippen LogP contribution < -0.4 is 4.74 Å². The minimum atomic E-state index is -0.410. The van der Waals surface area contributed by atoms with E-state index in [1.807, 2.05) is 12.1 Å². The van der Waals surface area contributed by atoms with Crippen molar-refractivity contribution in [3.63, 3.8) is 0 Å². The summed E-state index contributed by atoms with van der Waals surface area (Å²) in [6, 6.07) is 14.0. The molecule has 24 heavy (non-hydrogen) atoms. The highest BCUT2D eigenvalue weighted by Crippen LogP contribution is 2.22. The summed E-state index contributed by atoms with van der Waals surface area (Å²) in [4.78, 5) is 15.9. The number of carbonyl (C=O) groups is 1. The van der Waals surface area contributed by atoms with Crippen LogP contribution in [0.3, 0.4) is 0 Å². The summed E-state index contributed by atoms with van der Waals surface area (Å²) >= 11 is 5.86. The Hall–Kier alpha value is -2.79. The molecule has 3 rings (SSSR count). The Labute approximate surface area is 143 Å². The summed E-state index contributed by atoms with van der Waals surface area (Å²) in [6.07, 6.45) is 1.54. The zero-order chi connectivity index (χ0) is 16.9. The second-order valence-corrected chi connectivity index (χ2v) is 5.40. The van der Waals surface area contributed by atoms with Crippen LogP contribution in [0, 0.1) is 0 Å². The van der Waals surface area contributed by atoms with Gasteiger partial charge in [-0.2, -0.15) is 0 Å². The molecule has 2 aromatic carbocycles. The molecule has 0 saturated heterocycles. The SMILES string of the molecule is COC(=O)c1cccc(OCc2coc(-c3ccc(Cl)cc3)n2)c1. The van der Waals surface area contributed by atoms with Gasteiger partial charge in [-0.3, -0.25) is 0 Å². The van der Waals surface area contributed by atoms with Crippen molar-refractivity contribution in [3.05, 3.63) is 71.1 Å².